The molecule has 2 rings (SSSR count). The Morgan fingerprint density at radius 2 is 1.95 bits per heavy atom. The van der Waals surface area contributed by atoms with Gasteiger partial charge in [0.2, 0.25) is 0 Å². The van der Waals surface area contributed by atoms with Crippen molar-refractivity contribution in [2.45, 2.75) is 26.1 Å². The molecule has 0 saturated heterocycles. The van der Waals surface area contributed by atoms with E-state index in [2.05, 4.69) is 21.2 Å². The maximum atomic E-state index is 12.9. The van der Waals surface area contributed by atoms with Crippen molar-refractivity contribution in [1.82, 2.24) is 0 Å². The highest BCUT2D eigenvalue weighted by Crippen LogP contribution is 2.35. The molecule has 1 atom stereocenters. The van der Waals surface area contributed by atoms with Gasteiger partial charge in [-0.15, -0.1) is 11.3 Å². The maximum absolute atomic E-state index is 12.9. The predicted molar refractivity (Wildman–Crippen MR) is 80.2 cm³/mol. The van der Waals surface area contributed by atoms with Crippen molar-refractivity contribution >= 4 is 33.0 Å². The van der Waals surface area contributed by atoms with Crippen molar-refractivity contribution in [3.63, 3.8) is 0 Å². The van der Waals surface area contributed by atoms with Gasteiger partial charge < -0.3 is 5.32 Å². The highest BCUT2D eigenvalue weighted by atomic mass is 79.9. The Labute approximate surface area is 128 Å². The van der Waals surface area contributed by atoms with Gasteiger partial charge in [0.15, 0.2) is 0 Å². The molecule has 20 heavy (non-hydrogen) atoms. The van der Waals surface area contributed by atoms with Crippen LogP contribution in [0.5, 0.6) is 0 Å². The van der Waals surface area contributed by atoms with Gasteiger partial charge in [-0.05, 0) is 58.9 Å². The molecular weight excluding hydrogens is 351 g/mol. The second-order valence-corrected chi connectivity index (χ2v) is 6.33. The number of hydrogen-bond acceptors (Lipinski definition) is 2. The smallest absolute Gasteiger partial charge is 0.378 e. The van der Waals surface area contributed by atoms with Crippen LogP contribution in [-0.4, -0.2) is 0 Å². The summed E-state index contributed by atoms with van der Waals surface area (Å²) in [6.07, 6.45) is -4.32. The Morgan fingerprint density at radius 3 is 2.50 bits per heavy atom. The number of aryl methyl sites for hydroxylation is 1. The van der Waals surface area contributed by atoms with Gasteiger partial charge in [-0.3, -0.25) is 0 Å². The molecule has 0 aliphatic carbocycles. The predicted octanol–water partition coefficient (Wildman–Crippen LogP) is 6.01. The van der Waals surface area contributed by atoms with E-state index in [4.69, 9.17) is 0 Å². The molecule has 1 N–H and O–H groups in total. The fourth-order valence-electron chi connectivity index (χ4n) is 1.95. The van der Waals surface area contributed by atoms with Crippen molar-refractivity contribution in [2.24, 2.45) is 0 Å². The van der Waals surface area contributed by atoms with Gasteiger partial charge in [-0.25, -0.2) is 0 Å². The van der Waals surface area contributed by atoms with E-state index in [9.17, 15) is 13.2 Å². The number of anilines is 1. The monoisotopic (exact) mass is 363 g/mol. The summed E-state index contributed by atoms with van der Waals surface area (Å²) in [6, 6.07) is 6.18. The quantitative estimate of drug-likeness (QED) is 0.703. The second kappa shape index (κ2) is 5.77. The lowest BCUT2D eigenvalue weighted by Crippen LogP contribution is -2.10. The van der Waals surface area contributed by atoms with E-state index in [1.807, 2.05) is 18.4 Å². The summed E-state index contributed by atoms with van der Waals surface area (Å²) >= 11 is 4.99. The summed E-state index contributed by atoms with van der Waals surface area (Å²) in [6.45, 7) is 3.38. The van der Waals surface area contributed by atoms with E-state index in [0.29, 0.717) is 5.69 Å². The van der Waals surface area contributed by atoms with Crippen LogP contribution >= 0.6 is 27.3 Å². The maximum Gasteiger partial charge on any atom is 0.416 e. The summed E-state index contributed by atoms with van der Waals surface area (Å²) in [5.74, 6) is 0. The number of thiophene rings is 1. The van der Waals surface area contributed by atoms with Crippen LogP contribution in [0.15, 0.2) is 34.1 Å². The number of hydrogen-bond donors (Lipinski definition) is 1. The van der Waals surface area contributed by atoms with Gasteiger partial charge >= 0.3 is 6.18 Å². The van der Waals surface area contributed by atoms with Crippen LogP contribution < -0.4 is 5.32 Å². The van der Waals surface area contributed by atoms with Crippen molar-refractivity contribution in [1.29, 1.82) is 0 Å². The average molecular weight is 364 g/mol. The number of rotatable bonds is 3. The zero-order valence-corrected chi connectivity index (χ0v) is 13.3. The number of nitrogens with one attached hydrogen (secondary N) is 1. The largest absolute Gasteiger partial charge is 0.416 e. The normalized spacial score (nSPS) is 13.3. The zero-order chi connectivity index (χ0) is 14.9. The standard InChI is InChI=1S/C14H13BrF3NS/c1-8-3-4-10(7-11(8)14(16,17)18)19-9(2)13-12(15)5-6-20-13/h3-7,9,19H,1-2H3. The minimum atomic E-state index is -4.32. The van der Waals surface area contributed by atoms with Gasteiger partial charge in [-0.2, -0.15) is 13.2 Å². The Morgan fingerprint density at radius 1 is 1.25 bits per heavy atom. The fourth-order valence-corrected chi connectivity index (χ4v) is 3.67. The molecule has 0 amide bonds. The van der Waals surface area contributed by atoms with Crippen LogP contribution in [0.4, 0.5) is 18.9 Å². The first kappa shape index (κ1) is 15.4. The summed E-state index contributed by atoms with van der Waals surface area (Å²) in [5, 5.41) is 5.04. The molecule has 1 aromatic carbocycles. The van der Waals surface area contributed by atoms with Crippen LogP contribution in [-0.2, 0) is 6.18 Å². The summed E-state index contributed by atoms with van der Waals surface area (Å²) < 4.78 is 39.6. The van der Waals surface area contributed by atoms with Crippen molar-refractivity contribution in [3.05, 3.63) is 50.1 Å². The number of alkyl halides is 3. The van der Waals surface area contributed by atoms with E-state index in [-0.39, 0.29) is 11.6 Å². The van der Waals surface area contributed by atoms with E-state index in [1.54, 1.807) is 17.4 Å². The number of halogens is 4. The van der Waals surface area contributed by atoms with Crippen molar-refractivity contribution < 1.29 is 13.2 Å². The molecule has 0 saturated carbocycles. The third-order valence-electron chi connectivity index (χ3n) is 2.96. The lowest BCUT2D eigenvalue weighted by atomic mass is 10.1. The molecule has 0 aliphatic heterocycles. The lowest BCUT2D eigenvalue weighted by Gasteiger charge is -2.17. The Kier molecular flexibility index (Phi) is 4.44. The van der Waals surface area contributed by atoms with Gasteiger partial charge in [-0.1, -0.05) is 6.07 Å². The molecule has 2 aromatic rings. The molecule has 0 aliphatic rings. The highest BCUT2D eigenvalue weighted by Gasteiger charge is 2.32. The van der Waals surface area contributed by atoms with Gasteiger partial charge in [0.05, 0.1) is 11.6 Å². The summed E-state index contributed by atoms with van der Waals surface area (Å²) in [5.41, 5.74) is 0.101. The van der Waals surface area contributed by atoms with Crippen molar-refractivity contribution in [2.75, 3.05) is 5.32 Å². The minimum Gasteiger partial charge on any atom is -0.378 e. The molecule has 1 nitrogen and oxygen atoms in total. The van der Waals surface area contributed by atoms with Crippen LogP contribution in [0.1, 0.15) is 29.0 Å². The van der Waals surface area contributed by atoms with Gasteiger partial charge in [0, 0.05) is 15.0 Å². The average Bonchev–Trinajstić information content (AvgIpc) is 2.76. The van der Waals surface area contributed by atoms with Crippen LogP contribution in [0.25, 0.3) is 0 Å². The molecule has 0 bridgehead atoms. The van der Waals surface area contributed by atoms with Crippen LogP contribution in [0.2, 0.25) is 0 Å². The molecule has 6 heteroatoms. The van der Waals surface area contributed by atoms with Gasteiger partial charge in [0.1, 0.15) is 0 Å². The first-order chi connectivity index (χ1) is 9.29. The first-order valence-corrected chi connectivity index (χ1v) is 7.63. The topological polar surface area (TPSA) is 12.0 Å². The third kappa shape index (κ3) is 3.35. The minimum absolute atomic E-state index is 0.0619. The van der Waals surface area contributed by atoms with E-state index >= 15 is 0 Å². The molecule has 0 spiro atoms. The molecule has 0 fully saturated rings. The summed E-state index contributed by atoms with van der Waals surface area (Å²) in [4.78, 5) is 1.05. The molecule has 108 valence electrons. The number of benzene rings is 1. The molecule has 1 aromatic heterocycles. The molecule has 1 heterocycles. The zero-order valence-electron chi connectivity index (χ0n) is 10.9. The fraction of sp³-hybridized carbons (Fsp3) is 0.286. The highest BCUT2D eigenvalue weighted by molar-refractivity contribution is 9.10. The van der Waals surface area contributed by atoms with Gasteiger partial charge in [0.25, 0.3) is 0 Å². The second-order valence-electron chi connectivity index (χ2n) is 4.53. The first-order valence-electron chi connectivity index (χ1n) is 5.96. The third-order valence-corrected chi connectivity index (χ3v) is 5.02. The molecular formula is C14H13BrF3NS. The summed E-state index contributed by atoms with van der Waals surface area (Å²) in [7, 11) is 0. The van der Waals surface area contributed by atoms with E-state index in [0.717, 1.165) is 15.4 Å². The lowest BCUT2D eigenvalue weighted by molar-refractivity contribution is -0.138. The van der Waals surface area contributed by atoms with Crippen LogP contribution in [0, 0.1) is 6.92 Å². The molecule has 1 unspecified atom stereocenters. The van der Waals surface area contributed by atoms with E-state index < -0.39 is 11.7 Å². The van der Waals surface area contributed by atoms with Crippen molar-refractivity contribution in [3.8, 4) is 0 Å². The Bertz CT molecular complexity index is 607. The van der Waals surface area contributed by atoms with Crippen LogP contribution in [0.3, 0.4) is 0 Å². The van der Waals surface area contributed by atoms with E-state index in [1.165, 1.54) is 13.0 Å². The Balaban J connectivity index is 2.25. The Hall–Kier alpha value is -1.01. The SMILES string of the molecule is Cc1ccc(NC(C)c2sccc2Br)cc1C(F)(F)F. The molecule has 0 radical (unpaired) electrons.